The van der Waals surface area contributed by atoms with Crippen molar-refractivity contribution in [2.75, 3.05) is 39.0 Å². The number of nitrogens with one attached hydrogen (secondary N) is 1. The zero-order chi connectivity index (χ0) is 20.0. The summed E-state index contributed by atoms with van der Waals surface area (Å²) in [5.41, 5.74) is 8.28. The second-order valence-corrected chi connectivity index (χ2v) is 8.10. The van der Waals surface area contributed by atoms with Gasteiger partial charge in [-0.3, -0.25) is 4.79 Å². The Bertz CT molecular complexity index is 1040. The standard InChI is InChI=1S/C21H23N7O/c1-27-10-16(17-6-7-25-20(22)26-17)21(11-27)12-28(13-21)19(29)15-5-3-2-4-14(15)18-23-8-9-24-18/h2-9,16H,10-13H2,1H3,(H,23,24)(H2,22,25,26). The molecule has 5 rings (SSSR count). The number of amides is 1. The van der Waals surface area contributed by atoms with Crippen LogP contribution in [0.5, 0.6) is 0 Å². The molecule has 29 heavy (non-hydrogen) atoms. The largest absolute Gasteiger partial charge is 0.368 e. The van der Waals surface area contributed by atoms with Crippen LogP contribution in [0.1, 0.15) is 22.0 Å². The van der Waals surface area contributed by atoms with Crippen molar-refractivity contribution in [2.24, 2.45) is 5.41 Å². The van der Waals surface area contributed by atoms with Crippen LogP contribution in [0.4, 0.5) is 5.95 Å². The van der Waals surface area contributed by atoms with E-state index in [1.807, 2.05) is 35.2 Å². The van der Waals surface area contributed by atoms with Crippen LogP contribution in [0.15, 0.2) is 48.9 Å². The minimum atomic E-state index is 0.00479. The molecule has 1 unspecified atom stereocenters. The Balaban J connectivity index is 1.39. The average molecular weight is 389 g/mol. The van der Waals surface area contributed by atoms with Gasteiger partial charge < -0.3 is 20.5 Å². The molecule has 148 valence electrons. The van der Waals surface area contributed by atoms with Crippen molar-refractivity contribution < 1.29 is 4.79 Å². The maximum absolute atomic E-state index is 13.3. The zero-order valence-corrected chi connectivity index (χ0v) is 16.2. The van der Waals surface area contributed by atoms with E-state index in [1.54, 1.807) is 18.6 Å². The smallest absolute Gasteiger partial charge is 0.254 e. The van der Waals surface area contributed by atoms with E-state index < -0.39 is 0 Å². The topological polar surface area (TPSA) is 104 Å². The van der Waals surface area contributed by atoms with Crippen LogP contribution >= 0.6 is 0 Å². The van der Waals surface area contributed by atoms with Gasteiger partial charge >= 0.3 is 0 Å². The molecule has 2 fully saturated rings. The lowest BCUT2D eigenvalue weighted by Gasteiger charge is -2.51. The number of anilines is 1. The van der Waals surface area contributed by atoms with Crippen LogP contribution < -0.4 is 5.73 Å². The SMILES string of the molecule is CN1CC(c2ccnc(N)n2)C2(C1)CN(C(=O)c1ccccc1-c1ncc[nH]1)C2. The minimum absolute atomic E-state index is 0.00479. The molecule has 3 N–H and O–H groups in total. The lowest BCUT2D eigenvalue weighted by atomic mass is 9.70. The van der Waals surface area contributed by atoms with Gasteiger partial charge in [-0.1, -0.05) is 18.2 Å². The van der Waals surface area contributed by atoms with Crippen LogP contribution in [0.2, 0.25) is 0 Å². The number of benzene rings is 1. The van der Waals surface area contributed by atoms with Gasteiger partial charge in [0.1, 0.15) is 5.82 Å². The molecule has 0 saturated carbocycles. The number of likely N-dealkylation sites (N-methyl/N-ethyl adjacent to an activating group) is 1. The summed E-state index contributed by atoms with van der Waals surface area (Å²) < 4.78 is 0. The fourth-order valence-corrected chi connectivity index (χ4v) is 4.84. The predicted octanol–water partition coefficient (Wildman–Crippen LogP) is 1.62. The summed E-state index contributed by atoms with van der Waals surface area (Å²) in [6.45, 7) is 3.25. The van der Waals surface area contributed by atoms with Gasteiger partial charge in [-0.05, 0) is 19.2 Å². The van der Waals surface area contributed by atoms with E-state index in [9.17, 15) is 4.79 Å². The van der Waals surface area contributed by atoms with E-state index in [2.05, 4.69) is 31.9 Å². The first-order valence-corrected chi connectivity index (χ1v) is 9.71. The lowest BCUT2D eigenvalue weighted by Crippen LogP contribution is -2.61. The Labute approximate surface area is 168 Å². The Morgan fingerprint density at radius 1 is 1.17 bits per heavy atom. The number of hydrogen-bond donors (Lipinski definition) is 2. The molecule has 1 spiro atoms. The molecule has 2 aromatic heterocycles. The van der Waals surface area contributed by atoms with E-state index in [-0.39, 0.29) is 17.2 Å². The van der Waals surface area contributed by atoms with Gasteiger partial charge in [-0.2, -0.15) is 0 Å². The molecule has 8 heteroatoms. The number of carbonyl (C=O) groups is 1. The molecule has 8 nitrogen and oxygen atoms in total. The van der Waals surface area contributed by atoms with Gasteiger partial charge in [-0.15, -0.1) is 0 Å². The number of hydrogen-bond acceptors (Lipinski definition) is 6. The Morgan fingerprint density at radius 3 is 2.76 bits per heavy atom. The molecule has 4 heterocycles. The average Bonchev–Trinajstić information content (AvgIpc) is 3.34. The van der Waals surface area contributed by atoms with Crippen LogP contribution in [0.3, 0.4) is 0 Å². The molecule has 0 aliphatic carbocycles. The summed E-state index contributed by atoms with van der Waals surface area (Å²) in [6, 6.07) is 9.56. The Morgan fingerprint density at radius 2 is 2.00 bits per heavy atom. The first-order chi connectivity index (χ1) is 14.1. The highest BCUT2D eigenvalue weighted by Crippen LogP contribution is 2.48. The lowest BCUT2D eigenvalue weighted by molar-refractivity contribution is 0.00361. The highest BCUT2D eigenvalue weighted by atomic mass is 16.2. The number of nitrogens with zero attached hydrogens (tertiary/aromatic N) is 5. The molecular formula is C21H23N7O. The third kappa shape index (κ3) is 2.96. The maximum Gasteiger partial charge on any atom is 0.254 e. The fraction of sp³-hybridized carbons (Fsp3) is 0.333. The van der Waals surface area contributed by atoms with E-state index in [1.165, 1.54) is 0 Å². The summed E-state index contributed by atoms with van der Waals surface area (Å²) in [6.07, 6.45) is 5.17. The number of aromatic nitrogens is 4. The third-order valence-corrected chi connectivity index (χ3v) is 6.08. The van der Waals surface area contributed by atoms with Crippen molar-refractivity contribution in [3.63, 3.8) is 0 Å². The number of rotatable bonds is 3. The summed E-state index contributed by atoms with van der Waals surface area (Å²) in [5, 5.41) is 0. The van der Waals surface area contributed by atoms with Gasteiger partial charge in [0, 0.05) is 61.7 Å². The first-order valence-electron chi connectivity index (χ1n) is 9.71. The highest BCUT2D eigenvalue weighted by molar-refractivity contribution is 6.00. The predicted molar refractivity (Wildman–Crippen MR) is 109 cm³/mol. The maximum atomic E-state index is 13.3. The summed E-state index contributed by atoms with van der Waals surface area (Å²) >= 11 is 0. The fourth-order valence-electron chi connectivity index (χ4n) is 4.84. The van der Waals surface area contributed by atoms with E-state index >= 15 is 0 Å². The molecule has 2 saturated heterocycles. The van der Waals surface area contributed by atoms with E-state index in [0.717, 1.165) is 24.3 Å². The van der Waals surface area contributed by atoms with Gasteiger partial charge in [0.25, 0.3) is 5.91 Å². The van der Waals surface area contributed by atoms with Crippen molar-refractivity contribution in [1.82, 2.24) is 29.7 Å². The molecule has 1 aromatic carbocycles. The molecule has 2 aliphatic heterocycles. The second-order valence-electron chi connectivity index (χ2n) is 8.10. The van der Waals surface area contributed by atoms with Crippen LogP contribution in [0.25, 0.3) is 11.4 Å². The molecule has 0 radical (unpaired) electrons. The van der Waals surface area contributed by atoms with Gasteiger partial charge in [0.2, 0.25) is 5.95 Å². The second kappa shape index (κ2) is 6.66. The van der Waals surface area contributed by atoms with Crippen molar-refractivity contribution in [2.45, 2.75) is 5.92 Å². The Hall–Kier alpha value is -3.26. The molecule has 1 atom stereocenters. The van der Waals surface area contributed by atoms with Crippen LogP contribution in [0, 0.1) is 5.41 Å². The summed E-state index contributed by atoms with van der Waals surface area (Å²) in [7, 11) is 2.11. The van der Waals surface area contributed by atoms with Gasteiger partial charge in [0.15, 0.2) is 0 Å². The molecule has 3 aromatic rings. The molecule has 0 bridgehead atoms. The zero-order valence-electron chi connectivity index (χ0n) is 16.2. The number of nitrogen functional groups attached to an aromatic ring is 1. The van der Waals surface area contributed by atoms with Crippen molar-refractivity contribution >= 4 is 11.9 Å². The van der Waals surface area contributed by atoms with Crippen molar-refractivity contribution in [3.05, 3.63) is 60.2 Å². The van der Waals surface area contributed by atoms with Crippen molar-refractivity contribution in [1.29, 1.82) is 0 Å². The number of nitrogens with two attached hydrogens (primary N) is 1. The minimum Gasteiger partial charge on any atom is -0.368 e. The summed E-state index contributed by atoms with van der Waals surface area (Å²) in [5.74, 6) is 1.28. The van der Waals surface area contributed by atoms with Gasteiger partial charge in [-0.25, -0.2) is 15.0 Å². The normalized spacial score (nSPS) is 20.7. The quantitative estimate of drug-likeness (QED) is 0.705. The van der Waals surface area contributed by atoms with Crippen molar-refractivity contribution in [3.8, 4) is 11.4 Å². The number of H-pyrrole nitrogens is 1. The third-order valence-electron chi connectivity index (χ3n) is 6.08. The molecule has 2 aliphatic rings. The van der Waals surface area contributed by atoms with Gasteiger partial charge in [0.05, 0.1) is 11.3 Å². The number of imidazole rings is 1. The molecular weight excluding hydrogens is 366 g/mol. The number of carbonyl (C=O) groups excluding carboxylic acids is 1. The van der Waals surface area contributed by atoms with E-state index in [4.69, 9.17) is 5.73 Å². The number of aromatic amines is 1. The Kier molecular flexibility index (Phi) is 4.09. The first kappa shape index (κ1) is 17.8. The number of likely N-dealkylation sites (tertiary alicyclic amines) is 2. The van der Waals surface area contributed by atoms with E-state index in [0.29, 0.717) is 30.4 Å². The van der Waals surface area contributed by atoms with Crippen LogP contribution in [-0.4, -0.2) is 68.9 Å². The summed E-state index contributed by atoms with van der Waals surface area (Å²) in [4.78, 5) is 33.4. The monoisotopic (exact) mass is 389 g/mol. The molecule has 1 amide bonds. The van der Waals surface area contributed by atoms with Crippen LogP contribution in [-0.2, 0) is 0 Å². The highest BCUT2D eigenvalue weighted by Gasteiger charge is 2.55.